The second-order valence-electron chi connectivity index (χ2n) is 3.18. The van der Waals surface area contributed by atoms with Gasteiger partial charge < -0.3 is 25.7 Å². The Balaban J connectivity index is 2.89. The van der Waals surface area contributed by atoms with Crippen LogP contribution in [0.3, 0.4) is 0 Å². The van der Waals surface area contributed by atoms with Crippen molar-refractivity contribution in [3.05, 3.63) is 22.4 Å². The summed E-state index contributed by atoms with van der Waals surface area (Å²) in [7, 11) is 0. The maximum atomic E-state index is 11.7. The predicted molar refractivity (Wildman–Crippen MR) is 54.1 cm³/mol. The van der Waals surface area contributed by atoms with E-state index in [1.807, 2.05) is 0 Å². The summed E-state index contributed by atoms with van der Waals surface area (Å²) in [5, 5.41) is 8.57. The first-order chi connectivity index (χ1) is 7.90. The van der Waals surface area contributed by atoms with E-state index < -0.39 is 36.6 Å². The number of hydrogen-bond donors (Lipinski definition) is 4. The zero-order valence-corrected chi connectivity index (χ0v) is 8.60. The third kappa shape index (κ3) is 3.48. The van der Waals surface area contributed by atoms with Crippen molar-refractivity contribution >= 4 is 17.8 Å². The molecule has 0 aliphatic carbocycles. The maximum absolute atomic E-state index is 11.7. The van der Waals surface area contributed by atoms with Crippen molar-refractivity contribution in [1.29, 1.82) is 0 Å². The number of aliphatic carboxylic acids is 1. The van der Waals surface area contributed by atoms with E-state index in [1.165, 1.54) is 0 Å². The molecule has 0 aromatic carbocycles. The standard InChI is InChI=1S/C8H10N4O5/c9-5(13)2-12(3-6(14)15)7(16)4-1-10-8(17)11-4/h1H,2-3H2,(H2,9,13)(H,14,15)(H2,10,11,17). The molecule has 1 heterocycles. The number of hydrogen-bond acceptors (Lipinski definition) is 4. The van der Waals surface area contributed by atoms with Gasteiger partial charge in [-0.2, -0.15) is 0 Å². The summed E-state index contributed by atoms with van der Waals surface area (Å²) in [5.41, 5.74) is 4.13. The largest absolute Gasteiger partial charge is 0.480 e. The molecule has 0 aliphatic heterocycles. The monoisotopic (exact) mass is 242 g/mol. The molecule has 1 aromatic heterocycles. The minimum absolute atomic E-state index is 0.141. The summed E-state index contributed by atoms with van der Waals surface area (Å²) in [6.45, 7) is -1.23. The molecule has 9 nitrogen and oxygen atoms in total. The lowest BCUT2D eigenvalue weighted by Gasteiger charge is -2.17. The zero-order chi connectivity index (χ0) is 13.0. The first-order valence-corrected chi connectivity index (χ1v) is 4.47. The van der Waals surface area contributed by atoms with Gasteiger partial charge in [0.15, 0.2) is 0 Å². The van der Waals surface area contributed by atoms with Crippen LogP contribution in [0.15, 0.2) is 11.0 Å². The second-order valence-corrected chi connectivity index (χ2v) is 3.18. The fourth-order valence-electron chi connectivity index (χ4n) is 1.17. The van der Waals surface area contributed by atoms with Gasteiger partial charge in [-0.05, 0) is 0 Å². The highest BCUT2D eigenvalue weighted by atomic mass is 16.4. The van der Waals surface area contributed by atoms with Crippen LogP contribution in [0.1, 0.15) is 10.5 Å². The van der Waals surface area contributed by atoms with Gasteiger partial charge in [-0.15, -0.1) is 0 Å². The van der Waals surface area contributed by atoms with Crippen molar-refractivity contribution < 1.29 is 19.5 Å². The molecule has 0 spiro atoms. The SMILES string of the molecule is NC(=O)CN(CC(=O)O)C(=O)c1c[nH]c(=O)[nH]1. The highest BCUT2D eigenvalue weighted by Gasteiger charge is 2.21. The van der Waals surface area contributed by atoms with Crippen molar-refractivity contribution in [2.24, 2.45) is 5.73 Å². The molecule has 1 aromatic rings. The van der Waals surface area contributed by atoms with Gasteiger partial charge in [0.2, 0.25) is 5.91 Å². The number of aromatic nitrogens is 2. The lowest BCUT2D eigenvalue weighted by molar-refractivity contribution is -0.138. The van der Waals surface area contributed by atoms with E-state index in [2.05, 4.69) is 9.97 Å². The summed E-state index contributed by atoms with van der Waals surface area (Å²) < 4.78 is 0. The molecule has 0 radical (unpaired) electrons. The van der Waals surface area contributed by atoms with Crippen LogP contribution in [0.4, 0.5) is 0 Å². The summed E-state index contributed by atoms with van der Waals surface area (Å²) in [4.78, 5) is 48.7. The molecule has 5 N–H and O–H groups in total. The fraction of sp³-hybridized carbons (Fsp3) is 0.250. The number of nitrogens with one attached hydrogen (secondary N) is 2. The molecule has 9 heteroatoms. The number of rotatable bonds is 5. The van der Waals surface area contributed by atoms with E-state index in [4.69, 9.17) is 10.8 Å². The molecule has 0 unspecified atom stereocenters. The Morgan fingerprint density at radius 1 is 1.35 bits per heavy atom. The van der Waals surface area contributed by atoms with Crippen LogP contribution in [0, 0.1) is 0 Å². The van der Waals surface area contributed by atoms with E-state index in [9.17, 15) is 19.2 Å². The van der Waals surface area contributed by atoms with E-state index in [-0.39, 0.29) is 5.69 Å². The van der Waals surface area contributed by atoms with Gasteiger partial charge >= 0.3 is 11.7 Å². The third-order valence-corrected chi connectivity index (χ3v) is 1.79. The van der Waals surface area contributed by atoms with Crippen molar-refractivity contribution in [3.8, 4) is 0 Å². The van der Waals surface area contributed by atoms with Crippen LogP contribution in [0.5, 0.6) is 0 Å². The predicted octanol–water partition coefficient (Wildman–Crippen LogP) is -2.28. The molecule has 0 saturated carbocycles. The van der Waals surface area contributed by atoms with Crippen molar-refractivity contribution in [2.45, 2.75) is 0 Å². The zero-order valence-electron chi connectivity index (χ0n) is 8.60. The number of nitrogens with two attached hydrogens (primary N) is 1. The molecule has 0 saturated heterocycles. The van der Waals surface area contributed by atoms with Crippen LogP contribution in [0.2, 0.25) is 0 Å². The Labute approximate surface area is 94.2 Å². The quantitative estimate of drug-likeness (QED) is 0.458. The molecule has 0 fully saturated rings. The van der Waals surface area contributed by atoms with Crippen molar-refractivity contribution in [2.75, 3.05) is 13.1 Å². The Kier molecular flexibility index (Phi) is 3.65. The third-order valence-electron chi connectivity index (χ3n) is 1.79. The average Bonchev–Trinajstić information content (AvgIpc) is 2.61. The number of carboxylic acids is 1. The minimum atomic E-state index is -1.29. The highest BCUT2D eigenvalue weighted by Crippen LogP contribution is 1.98. The molecule has 0 bridgehead atoms. The lowest BCUT2D eigenvalue weighted by Crippen LogP contribution is -2.41. The van der Waals surface area contributed by atoms with Crippen LogP contribution in [-0.4, -0.2) is 50.8 Å². The lowest BCUT2D eigenvalue weighted by atomic mass is 10.3. The number of carboxylic acid groups (broad SMARTS) is 1. The van der Waals surface area contributed by atoms with Gasteiger partial charge in [-0.3, -0.25) is 14.4 Å². The number of aromatic amines is 2. The molecule has 92 valence electrons. The number of carbonyl (C=O) groups is 3. The van der Waals surface area contributed by atoms with E-state index in [0.717, 1.165) is 6.20 Å². The Hall–Kier alpha value is -2.58. The normalized spacial score (nSPS) is 9.88. The van der Waals surface area contributed by atoms with Crippen molar-refractivity contribution in [1.82, 2.24) is 14.9 Å². The van der Waals surface area contributed by atoms with Crippen LogP contribution in [-0.2, 0) is 9.59 Å². The smallest absolute Gasteiger partial charge is 0.323 e. The van der Waals surface area contributed by atoms with Gasteiger partial charge in [0, 0.05) is 6.20 Å². The van der Waals surface area contributed by atoms with Gasteiger partial charge in [0.1, 0.15) is 18.8 Å². The Bertz CT molecular complexity index is 486. The fourth-order valence-corrected chi connectivity index (χ4v) is 1.17. The van der Waals surface area contributed by atoms with E-state index >= 15 is 0 Å². The highest BCUT2D eigenvalue weighted by molar-refractivity contribution is 5.96. The number of primary amides is 1. The maximum Gasteiger partial charge on any atom is 0.323 e. The van der Waals surface area contributed by atoms with Gasteiger partial charge in [0.05, 0.1) is 0 Å². The number of carbonyl (C=O) groups excluding carboxylic acids is 2. The number of H-pyrrole nitrogens is 2. The van der Waals surface area contributed by atoms with Gasteiger partial charge in [-0.1, -0.05) is 0 Å². The molecule has 17 heavy (non-hydrogen) atoms. The first kappa shape index (κ1) is 12.5. The molecular weight excluding hydrogens is 232 g/mol. The Morgan fingerprint density at radius 2 is 2.00 bits per heavy atom. The topological polar surface area (TPSA) is 149 Å². The molecule has 1 rings (SSSR count). The summed E-state index contributed by atoms with van der Waals surface area (Å²) in [6.07, 6.45) is 1.08. The van der Waals surface area contributed by atoms with Gasteiger partial charge in [-0.25, -0.2) is 4.79 Å². The average molecular weight is 242 g/mol. The first-order valence-electron chi connectivity index (χ1n) is 4.47. The van der Waals surface area contributed by atoms with Gasteiger partial charge in [0.25, 0.3) is 5.91 Å². The number of imidazole rings is 1. The molecular formula is C8H10N4O5. The molecule has 0 atom stereocenters. The summed E-state index contributed by atoms with van der Waals surface area (Å²) in [6, 6.07) is 0. The van der Waals surface area contributed by atoms with Crippen LogP contribution < -0.4 is 11.4 Å². The van der Waals surface area contributed by atoms with E-state index in [0.29, 0.717) is 4.90 Å². The number of amides is 2. The summed E-state index contributed by atoms with van der Waals surface area (Å²) >= 11 is 0. The minimum Gasteiger partial charge on any atom is -0.480 e. The van der Waals surface area contributed by atoms with E-state index in [1.54, 1.807) is 0 Å². The second kappa shape index (κ2) is 4.96. The Morgan fingerprint density at radius 3 is 2.41 bits per heavy atom. The molecule has 0 aliphatic rings. The number of nitrogens with zero attached hydrogens (tertiary/aromatic N) is 1. The van der Waals surface area contributed by atoms with Crippen molar-refractivity contribution in [3.63, 3.8) is 0 Å². The molecule has 2 amide bonds. The van der Waals surface area contributed by atoms with Crippen LogP contribution in [0.25, 0.3) is 0 Å². The van der Waals surface area contributed by atoms with Crippen LogP contribution >= 0.6 is 0 Å². The summed E-state index contributed by atoms with van der Waals surface area (Å²) in [5.74, 6) is -2.94.